The van der Waals surface area contributed by atoms with E-state index in [9.17, 15) is 4.79 Å². The first-order chi connectivity index (χ1) is 13.7. The van der Waals surface area contributed by atoms with Gasteiger partial charge in [-0.25, -0.2) is 0 Å². The number of anilines is 1. The van der Waals surface area contributed by atoms with E-state index < -0.39 is 0 Å². The number of nitrogens with one attached hydrogen (secondary N) is 2. The number of carbonyl (C=O) groups is 1. The molecule has 148 valence electrons. The van der Waals surface area contributed by atoms with Gasteiger partial charge in [0.25, 0.3) is 5.91 Å². The molecular weight excluding hydrogens is 378 g/mol. The average Bonchev–Trinajstić information content (AvgIpc) is 2.73. The quantitative estimate of drug-likeness (QED) is 0.783. The third-order valence-corrected chi connectivity index (χ3v) is 5.49. The normalized spacial score (nSPS) is 19.3. The lowest BCUT2D eigenvalue weighted by Crippen LogP contribution is -3.16. The number of hydrogen-bond donors (Lipinski definition) is 2. The first kappa shape index (κ1) is 18.9. The smallest absolute Gasteiger partial charge is 0.275 e. The molecule has 4 rings (SSSR count). The summed E-state index contributed by atoms with van der Waals surface area (Å²) in [6.45, 7) is 4.98. The highest BCUT2D eigenvalue weighted by molar-refractivity contribution is 6.33. The number of quaternary nitrogens is 1. The number of benzene rings is 2. The lowest BCUT2D eigenvalue weighted by molar-refractivity contribution is -0.892. The van der Waals surface area contributed by atoms with Gasteiger partial charge in [-0.05, 0) is 24.3 Å². The number of carbonyl (C=O) groups excluding carboxylic acids is 1. The summed E-state index contributed by atoms with van der Waals surface area (Å²) >= 11 is 6.29. The summed E-state index contributed by atoms with van der Waals surface area (Å²) in [7, 11) is 0. The minimum atomic E-state index is -0.161. The molecule has 6 nitrogen and oxygen atoms in total. The van der Waals surface area contributed by atoms with E-state index in [1.54, 1.807) is 0 Å². The zero-order valence-corrected chi connectivity index (χ0v) is 16.5. The first-order valence-electron chi connectivity index (χ1n) is 9.67. The number of piperazine rings is 1. The van der Waals surface area contributed by atoms with Gasteiger partial charge in [0.1, 0.15) is 12.7 Å². The molecule has 1 atom stereocenters. The third kappa shape index (κ3) is 4.51. The summed E-state index contributed by atoms with van der Waals surface area (Å²) in [5, 5.41) is 3.76. The molecule has 1 amide bonds. The second-order valence-electron chi connectivity index (χ2n) is 7.17. The Morgan fingerprint density at radius 2 is 1.82 bits per heavy atom. The fraction of sp³-hybridized carbons (Fsp3) is 0.381. The van der Waals surface area contributed by atoms with Crippen molar-refractivity contribution in [2.45, 2.75) is 6.10 Å². The van der Waals surface area contributed by atoms with E-state index in [0.29, 0.717) is 19.7 Å². The minimum Gasteiger partial charge on any atom is -0.486 e. The Balaban J connectivity index is 1.20. The summed E-state index contributed by atoms with van der Waals surface area (Å²) in [5.41, 5.74) is 1.07. The molecule has 1 saturated heterocycles. The number of para-hydroxylation sites is 3. The molecule has 2 aliphatic rings. The average molecular weight is 403 g/mol. The summed E-state index contributed by atoms with van der Waals surface area (Å²) < 4.78 is 11.6. The molecule has 2 N–H and O–H groups in total. The van der Waals surface area contributed by atoms with Crippen LogP contribution in [0, 0.1) is 0 Å². The van der Waals surface area contributed by atoms with Crippen molar-refractivity contribution in [3.05, 3.63) is 53.6 Å². The Morgan fingerprint density at radius 1 is 1.11 bits per heavy atom. The van der Waals surface area contributed by atoms with Crippen LogP contribution in [0.2, 0.25) is 5.02 Å². The van der Waals surface area contributed by atoms with E-state index in [4.69, 9.17) is 21.1 Å². The fourth-order valence-corrected chi connectivity index (χ4v) is 3.88. The molecule has 0 aromatic heterocycles. The number of ether oxygens (including phenoxy) is 2. The SMILES string of the molecule is O=C(C[NH+]1CCN(c2ccccc2Cl)CC1)NC[C@H]1COc2ccccc2O1. The summed E-state index contributed by atoms with van der Waals surface area (Å²) in [6, 6.07) is 15.5. The second kappa shape index (κ2) is 8.71. The molecule has 2 heterocycles. The van der Waals surface area contributed by atoms with E-state index >= 15 is 0 Å². The van der Waals surface area contributed by atoms with Gasteiger partial charge in [-0.3, -0.25) is 4.79 Å². The van der Waals surface area contributed by atoms with Gasteiger partial charge in [0, 0.05) is 0 Å². The zero-order chi connectivity index (χ0) is 19.3. The number of rotatable bonds is 5. The monoisotopic (exact) mass is 402 g/mol. The molecule has 0 radical (unpaired) electrons. The van der Waals surface area contributed by atoms with E-state index in [1.165, 1.54) is 4.90 Å². The Labute approximate surface area is 170 Å². The van der Waals surface area contributed by atoms with Crippen molar-refractivity contribution < 1.29 is 19.2 Å². The summed E-state index contributed by atoms with van der Waals surface area (Å²) in [6.07, 6.45) is -0.161. The van der Waals surface area contributed by atoms with Gasteiger partial charge in [0.05, 0.1) is 43.4 Å². The van der Waals surface area contributed by atoms with Crippen LogP contribution in [0.1, 0.15) is 0 Å². The molecule has 0 saturated carbocycles. The van der Waals surface area contributed by atoms with Crippen LogP contribution >= 0.6 is 11.6 Å². The highest BCUT2D eigenvalue weighted by Gasteiger charge is 2.25. The third-order valence-electron chi connectivity index (χ3n) is 5.17. The first-order valence-corrected chi connectivity index (χ1v) is 10.0. The molecule has 2 aromatic carbocycles. The second-order valence-corrected chi connectivity index (χ2v) is 7.57. The van der Waals surface area contributed by atoms with Gasteiger partial charge in [0.2, 0.25) is 0 Å². The van der Waals surface area contributed by atoms with Crippen LogP contribution in [0.25, 0.3) is 0 Å². The molecule has 0 spiro atoms. The predicted molar refractivity (Wildman–Crippen MR) is 109 cm³/mol. The van der Waals surface area contributed by atoms with Crippen LogP contribution in [0.3, 0.4) is 0 Å². The van der Waals surface area contributed by atoms with Crippen molar-refractivity contribution in [2.24, 2.45) is 0 Å². The van der Waals surface area contributed by atoms with Gasteiger partial charge in [-0.15, -0.1) is 0 Å². The Bertz CT molecular complexity index is 824. The number of hydrogen-bond acceptors (Lipinski definition) is 4. The summed E-state index contributed by atoms with van der Waals surface area (Å²) in [4.78, 5) is 15.9. The van der Waals surface area contributed by atoms with E-state index in [1.807, 2.05) is 48.5 Å². The predicted octanol–water partition coefficient (Wildman–Crippen LogP) is 1.00. The zero-order valence-electron chi connectivity index (χ0n) is 15.7. The Hall–Kier alpha value is -2.44. The maximum Gasteiger partial charge on any atom is 0.275 e. The Kier molecular flexibility index (Phi) is 5.88. The van der Waals surface area contributed by atoms with E-state index in [-0.39, 0.29) is 12.0 Å². The van der Waals surface area contributed by atoms with Crippen LogP contribution in [0.4, 0.5) is 5.69 Å². The molecular formula is C21H25ClN3O3+. The van der Waals surface area contributed by atoms with E-state index in [0.717, 1.165) is 48.4 Å². The molecule has 0 unspecified atom stereocenters. The van der Waals surface area contributed by atoms with Crippen LogP contribution in [0.15, 0.2) is 48.5 Å². The molecule has 0 aliphatic carbocycles. The van der Waals surface area contributed by atoms with Crippen LogP contribution in [-0.2, 0) is 4.79 Å². The lowest BCUT2D eigenvalue weighted by atomic mass is 10.2. The number of halogens is 1. The molecule has 28 heavy (non-hydrogen) atoms. The largest absolute Gasteiger partial charge is 0.486 e. The number of fused-ring (bicyclic) bond motifs is 1. The standard InChI is InChI=1S/C21H24ClN3O3/c22-17-5-1-2-6-18(17)25-11-9-24(10-12-25)14-21(26)23-13-16-15-27-19-7-3-4-8-20(19)28-16/h1-8,16H,9-15H2,(H,23,26)/p+1/t16-/m0/s1. The maximum absolute atomic E-state index is 12.3. The maximum atomic E-state index is 12.3. The van der Waals surface area contributed by atoms with Gasteiger partial charge in [-0.2, -0.15) is 0 Å². The van der Waals surface area contributed by atoms with Crippen molar-refractivity contribution in [1.29, 1.82) is 0 Å². The fourth-order valence-electron chi connectivity index (χ4n) is 3.63. The van der Waals surface area contributed by atoms with Crippen molar-refractivity contribution in [2.75, 3.05) is 50.8 Å². The van der Waals surface area contributed by atoms with Crippen LogP contribution in [-0.4, -0.2) is 57.9 Å². The minimum absolute atomic E-state index is 0.0450. The van der Waals surface area contributed by atoms with Crippen molar-refractivity contribution >= 4 is 23.2 Å². The van der Waals surface area contributed by atoms with Crippen LogP contribution < -0.4 is 24.6 Å². The molecule has 2 aliphatic heterocycles. The molecule has 7 heteroatoms. The van der Waals surface area contributed by atoms with Gasteiger partial charge < -0.3 is 24.6 Å². The summed E-state index contributed by atoms with van der Waals surface area (Å²) in [5.74, 6) is 1.53. The molecule has 1 fully saturated rings. The molecule has 2 aromatic rings. The topological polar surface area (TPSA) is 55.2 Å². The lowest BCUT2D eigenvalue weighted by Gasteiger charge is -2.33. The van der Waals surface area contributed by atoms with Crippen molar-refractivity contribution in [3.8, 4) is 11.5 Å². The number of nitrogens with zero attached hydrogens (tertiary/aromatic N) is 1. The molecule has 0 bridgehead atoms. The highest BCUT2D eigenvalue weighted by Crippen LogP contribution is 2.30. The van der Waals surface area contributed by atoms with Crippen molar-refractivity contribution in [3.63, 3.8) is 0 Å². The highest BCUT2D eigenvalue weighted by atomic mass is 35.5. The van der Waals surface area contributed by atoms with Crippen molar-refractivity contribution in [1.82, 2.24) is 5.32 Å². The van der Waals surface area contributed by atoms with Gasteiger partial charge in [0.15, 0.2) is 18.0 Å². The van der Waals surface area contributed by atoms with E-state index in [2.05, 4.69) is 10.2 Å². The van der Waals surface area contributed by atoms with Gasteiger partial charge >= 0.3 is 0 Å². The van der Waals surface area contributed by atoms with Gasteiger partial charge in [-0.1, -0.05) is 35.9 Å². The Morgan fingerprint density at radius 3 is 2.61 bits per heavy atom. The van der Waals surface area contributed by atoms with Crippen LogP contribution in [0.5, 0.6) is 11.5 Å². The number of amides is 1.